The first-order chi connectivity index (χ1) is 9.80. The maximum Gasteiger partial charge on any atom is 0.408 e. The van der Waals surface area contributed by atoms with Crippen LogP contribution in [0.3, 0.4) is 0 Å². The third kappa shape index (κ3) is 7.26. The summed E-state index contributed by atoms with van der Waals surface area (Å²) in [5.41, 5.74) is 0.862. The molecular formula is C14H22N4O3. The lowest BCUT2D eigenvalue weighted by atomic mass is 10.2. The van der Waals surface area contributed by atoms with Crippen LogP contribution in [0.1, 0.15) is 26.5 Å². The van der Waals surface area contributed by atoms with Crippen LogP contribution in [0.25, 0.3) is 0 Å². The molecule has 0 radical (unpaired) electrons. The lowest BCUT2D eigenvalue weighted by molar-refractivity contribution is -0.115. The van der Waals surface area contributed by atoms with Crippen molar-refractivity contribution in [2.45, 2.75) is 32.9 Å². The number of nitrogens with zero attached hydrogens (tertiary/aromatic N) is 1. The quantitative estimate of drug-likeness (QED) is 0.760. The molecule has 1 aromatic rings. The molecule has 7 nitrogen and oxygen atoms in total. The van der Waals surface area contributed by atoms with Crippen molar-refractivity contribution in [3.8, 4) is 0 Å². The number of ether oxygens (including phenoxy) is 1. The van der Waals surface area contributed by atoms with Gasteiger partial charge in [-0.3, -0.25) is 9.78 Å². The van der Waals surface area contributed by atoms with Gasteiger partial charge in [0.25, 0.3) is 0 Å². The van der Waals surface area contributed by atoms with E-state index in [-0.39, 0.29) is 12.5 Å². The van der Waals surface area contributed by atoms with Crippen molar-refractivity contribution in [2.75, 3.05) is 18.9 Å². The van der Waals surface area contributed by atoms with Crippen LogP contribution in [0, 0.1) is 0 Å². The van der Waals surface area contributed by atoms with Crippen molar-refractivity contribution in [3.05, 3.63) is 24.0 Å². The zero-order valence-corrected chi connectivity index (χ0v) is 12.8. The van der Waals surface area contributed by atoms with E-state index in [0.29, 0.717) is 12.2 Å². The van der Waals surface area contributed by atoms with E-state index in [1.165, 1.54) is 0 Å². The number of carbonyl (C=O) groups excluding carboxylic acids is 2. The Bertz CT molecular complexity index is 480. The van der Waals surface area contributed by atoms with Crippen LogP contribution in [-0.2, 0) is 16.1 Å². The van der Waals surface area contributed by atoms with E-state index in [4.69, 9.17) is 4.74 Å². The number of pyridine rings is 1. The minimum Gasteiger partial charge on any atom is -0.444 e. The van der Waals surface area contributed by atoms with Gasteiger partial charge < -0.3 is 20.7 Å². The fourth-order valence-electron chi connectivity index (χ4n) is 1.46. The van der Waals surface area contributed by atoms with Gasteiger partial charge in [-0.1, -0.05) is 0 Å². The number of rotatable bonds is 5. The highest BCUT2D eigenvalue weighted by Crippen LogP contribution is 2.07. The largest absolute Gasteiger partial charge is 0.444 e. The van der Waals surface area contributed by atoms with Crippen LogP contribution in [-0.4, -0.2) is 36.2 Å². The molecule has 0 saturated carbocycles. The van der Waals surface area contributed by atoms with Crippen LogP contribution < -0.4 is 16.0 Å². The molecule has 0 atom stereocenters. The highest BCUT2D eigenvalue weighted by Gasteiger charge is 2.16. The van der Waals surface area contributed by atoms with E-state index >= 15 is 0 Å². The third-order valence-electron chi connectivity index (χ3n) is 2.26. The molecule has 21 heavy (non-hydrogen) atoms. The second-order valence-corrected chi connectivity index (χ2v) is 5.47. The number of aromatic nitrogens is 1. The Morgan fingerprint density at radius 1 is 1.29 bits per heavy atom. The van der Waals surface area contributed by atoms with Crippen molar-refractivity contribution in [2.24, 2.45) is 0 Å². The topological polar surface area (TPSA) is 92.3 Å². The molecule has 0 unspecified atom stereocenters. The number of carbonyl (C=O) groups is 2. The first-order valence-electron chi connectivity index (χ1n) is 6.66. The summed E-state index contributed by atoms with van der Waals surface area (Å²) in [6.07, 6.45) is 0.943. The predicted octanol–water partition coefficient (Wildman–Crippen LogP) is 1.26. The molecule has 0 aliphatic rings. The highest BCUT2D eigenvalue weighted by atomic mass is 16.6. The molecule has 1 heterocycles. The summed E-state index contributed by atoms with van der Waals surface area (Å²) in [6, 6.07) is 3.57. The van der Waals surface area contributed by atoms with Gasteiger partial charge in [-0.2, -0.15) is 0 Å². The second-order valence-electron chi connectivity index (χ2n) is 5.47. The molecule has 0 bridgehead atoms. The average molecular weight is 294 g/mol. The smallest absolute Gasteiger partial charge is 0.408 e. The summed E-state index contributed by atoms with van der Waals surface area (Å²) in [6.45, 7) is 5.77. The van der Waals surface area contributed by atoms with Gasteiger partial charge in [0.1, 0.15) is 12.1 Å². The molecule has 3 N–H and O–H groups in total. The van der Waals surface area contributed by atoms with Crippen LogP contribution >= 0.6 is 0 Å². The SMILES string of the molecule is CNCc1ccc(NC(=O)CNC(=O)OC(C)(C)C)cn1. The fourth-order valence-corrected chi connectivity index (χ4v) is 1.46. The van der Waals surface area contributed by atoms with Gasteiger partial charge in [0, 0.05) is 6.54 Å². The summed E-state index contributed by atoms with van der Waals surface area (Å²) >= 11 is 0. The number of hydrogen-bond donors (Lipinski definition) is 3. The van der Waals surface area contributed by atoms with Gasteiger partial charge in [0.2, 0.25) is 5.91 Å². The lowest BCUT2D eigenvalue weighted by Crippen LogP contribution is -2.37. The molecule has 0 fully saturated rings. The number of alkyl carbamates (subject to hydrolysis) is 1. The Morgan fingerprint density at radius 2 is 2.00 bits per heavy atom. The Kier molecular flexibility index (Phi) is 6.10. The van der Waals surface area contributed by atoms with E-state index in [1.54, 1.807) is 33.0 Å². The standard InChI is InChI=1S/C14H22N4O3/c1-14(2,3)21-13(20)17-9-12(19)18-11-6-5-10(7-15-4)16-8-11/h5-6,8,15H,7,9H2,1-4H3,(H,17,20)(H,18,19). The maximum atomic E-state index is 11.7. The monoisotopic (exact) mass is 294 g/mol. The molecular weight excluding hydrogens is 272 g/mol. The molecule has 0 aliphatic carbocycles. The molecule has 0 spiro atoms. The fraction of sp³-hybridized carbons (Fsp3) is 0.500. The number of amides is 2. The third-order valence-corrected chi connectivity index (χ3v) is 2.26. The van der Waals surface area contributed by atoms with E-state index in [9.17, 15) is 9.59 Å². The van der Waals surface area contributed by atoms with Crippen molar-refractivity contribution < 1.29 is 14.3 Å². The molecule has 0 aliphatic heterocycles. The molecule has 1 aromatic heterocycles. The minimum absolute atomic E-state index is 0.160. The van der Waals surface area contributed by atoms with Crippen molar-refractivity contribution in [1.29, 1.82) is 0 Å². The second kappa shape index (κ2) is 7.58. The lowest BCUT2D eigenvalue weighted by Gasteiger charge is -2.19. The average Bonchev–Trinajstić information content (AvgIpc) is 2.37. The molecule has 1 rings (SSSR count). The number of hydrogen-bond acceptors (Lipinski definition) is 5. The van der Waals surface area contributed by atoms with Gasteiger partial charge >= 0.3 is 6.09 Å². The molecule has 116 valence electrons. The summed E-state index contributed by atoms with van der Waals surface area (Å²) in [5.74, 6) is -0.343. The zero-order chi connectivity index (χ0) is 15.9. The van der Waals surface area contributed by atoms with Crippen LogP contribution in [0.4, 0.5) is 10.5 Å². The van der Waals surface area contributed by atoms with Crippen molar-refractivity contribution in [1.82, 2.24) is 15.6 Å². The molecule has 2 amide bonds. The van der Waals surface area contributed by atoms with Gasteiger partial charge in [-0.15, -0.1) is 0 Å². The van der Waals surface area contributed by atoms with Crippen LogP contribution in [0.2, 0.25) is 0 Å². The first-order valence-corrected chi connectivity index (χ1v) is 6.66. The van der Waals surface area contributed by atoms with Gasteiger partial charge in [-0.25, -0.2) is 4.79 Å². The van der Waals surface area contributed by atoms with Crippen molar-refractivity contribution in [3.63, 3.8) is 0 Å². The van der Waals surface area contributed by atoms with E-state index in [1.807, 2.05) is 13.1 Å². The minimum atomic E-state index is -0.625. The van der Waals surface area contributed by atoms with Crippen LogP contribution in [0.15, 0.2) is 18.3 Å². The Balaban J connectivity index is 2.38. The van der Waals surface area contributed by atoms with Gasteiger partial charge in [-0.05, 0) is 40.0 Å². The van der Waals surface area contributed by atoms with E-state index < -0.39 is 11.7 Å². The predicted molar refractivity (Wildman–Crippen MR) is 79.9 cm³/mol. The van der Waals surface area contributed by atoms with Gasteiger partial charge in [0.05, 0.1) is 17.6 Å². The highest BCUT2D eigenvalue weighted by molar-refractivity contribution is 5.93. The molecule has 0 aromatic carbocycles. The molecule has 0 saturated heterocycles. The van der Waals surface area contributed by atoms with Crippen LogP contribution in [0.5, 0.6) is 0 Å². The van der Waals surface area contributed by atoms with Gasteiger partial charge in [0.15, 0.2) is 0 Å². The summed E-state index contributed by atoms with van der Waals surface area (Å²) in [4.78, 5) is 27.2. The molecule has 7 heteroatoms. The zero-order valence-electron chi connectivity index (χ0n) is 12.8. The normalized spacial score (nSPS) is 10.9. The summed E-state index contributed by atoms with van der Waals surface area (Å²) < 4.78 is 5.03. The van der Waals surface area contributed by atoms with E-state index in [0.717, 1.165) is 5.69 Å². The first kappa shape index (κ1) is 16.9. The Morgan fingerprint density at radius 3 is 2.52 bits per heavy atom. The number of nitrogens with one attached hydrogen (secondary N) is 3. The Hall–Kier alpha value is -2.15. The summed E-state index contributed by atoms with van der Waals surface area (Å²) in [7, 11) is 1.83. The number of anilines is 1. The van der Waals surface area contributed by atoms with Crippen molar-refractivity contribution >= 4 is 17.7 Å². The van der Waals surface area contributed by atoms with E-state index in [2.05, 4.69) is 20.9 Å². The maximum absolute atomic E-state index is 11.7. The Labute approximate surface area is 124 Å². The summed E-state index contributed by atoms with van der Waals surface area (Å²) in [5, 5.41) is 8.01.